The molecule has 146 valence electrons. The minimum atomic E-state index is 0.379. The van der Waals surface area contributed by atoms with Gasteiger partial charge in [-0.05, 0) is 56.8 Å². The fourth-order valence-corrected chi connectivity index (χ4v) is 3.91. The third kappa shape index (κ3) is 4.43. The molecule has 1 aliphatic carbocycles. The second kappa shape index (κ2) is 8.30. The third-order valence-corrected chi connectivity index (χ3v) is 5.63. The van der Waals surface area contributed by atoms with Crippen LogP contribution in [-0.2, 0) is 4.74 Å². The van der Waals surface area contributed by atoms with Gasteiger partial charge in [0.15, 0.2) is 11.5 Å². The maximum atomic E-state index is 6.06. The number of para-hydroxylation sites is 2. The predicted molar refractivity (Wildman–Crippen MR) is 106 cm³/mol. The average molecular weight is 371 g/mol. The molecule has 1 saturated carbocycles. The summed E-state index contributed by atoms with van der Waals surface area (Å²) in [5.74, 6) is 2.94. The SMILES string of the molecule is COC1=NC2CC2N=C1CN1CCCC(COc2ccccc2OC)CC1. The molecule has 0 spiro atoms. The fourth-order valence-electron chi connectivity index (χ4n) is 3.91. The summed E-state index contributed by atoms with van der Waals surface area (Å²) in [6.45, 7) is 3.74. The Kier molecular flexibility index (Phi) is 5.62. The highest BCUT2D eigenvalue weighted by Crippen LogP contribution is 2.33. The summed E-state index contributed by atoms with van der Waals surface area (Å²) in [5.41, 5.74) is 1.03. The van der Waals surface area contributed by atoms with Crippen LogP contribution < -0.4 is 9.47 Å². The van der Waals surface area contributed by atoms with Gasteiger partial charge in [0.25, 0.3) is 0 Å². The number of hydrogen-bond donors (Lipinski definition) is 0. The van der Waals surface area contributed by atoms with Crippen molar-refractivity contribution in [3.63, 3.8) is 0 Å². The van der Waals surface area contributed by atoms with E-state index in [1.165, 1.54) is 12.8 Å². The summed E-state index contributed by atoms with van der Waals surface area (Å²) in [5, 5.41) is 0. The lowest BCUT2D eigenvalue weighted by molar-refractivity contribution is 0.222. The van der Waals surface area contributed by atoms with Crippen LogP contribution in [0.25, 0.3) is 0 Å². The molecule has 1 aromatic carbocycles. The first-order valence-corrected chi connectivity index (χ1v) is 9.94. The van der Waals surface area contributed by atoms with E-state index in [1.807, 2.05) is 24.3 Å². The Balaban J connectivity index is 1.28. The van der Waals surface area contributed by atoms with E-state index in [9.17, 15) is 0 Å². The lowest BCUT2D eigenvalue weighted by atomic mass is 10.0. The standard InChI is InChI=1S/C21H29N3O3/c1-25-19-7-3-4-8-20(19)27-14-15-6-5-10-24(11-9-15)13-18-21(26-2)23-17-12-16(17)22-18/h3-4,7-8,15-17H,5-6,9-14H2,1-2H3. The molecule has 2 aliphatic heterocycles. The van der Waals surface area contributed by atoms with Gasteiger partial charge < -0.3 is 14.2 Å². The van der Waals surface area contributed by atoms with Crippen LogP contribution in [0.3, 0.4) is 0 Å². The quantitative estimate of drug-likeness (QED) is 0.772. The van der Waals surface area contributed by atoms with Crippen LogP contribution in [0.5, 0.6) is 11.5 Å². The summed E-state index contributed by atoms with van der Waals surface area (Å²) < 4.78 is 16.9. The number of methoxy groups -OCH3 is 2. The number of nitrogens with zero attached hydrogens (tertiary/aromatic N) is 3. The van der Waals surface area contributed by atoms with E-state index < -0.39 is 0 Å². The number of ether oxygens (including phenoxy) is 3. The maximum absolute atomic E-state index is 6.06. The molecule has 0 aromatic heterocycles. The van der Waals surface area contributed by atoms with Crippen LogP contribution in [0.2, 0.25) is 0 Å². The van der Waals surface area contributed by atoms with E-state index in [0.29, 0.717) is 18.0 Å². The first-order valence-electron chi connectivity index (χ1n) is 9.94. The molecule has 6 nitrogen and oxygen atoms in total. The van der Waals surface area contributed by atoms with Gasteiger partial charge in [-0.1, -0.05) is 12.1 Å². The van der Waals surface area contributed by atoms with Gasteiger partial charge in [-0.3, -0.25) is 9.89 Å². The molecule has 4 rings (SSSR count). The van der Waals surface area contributed by atoms with E-state index in [0.717, 1.165) is 62.2 Å². The zero-order valence-electron chi connectivity index (χ0n) is 16.3. The molecule has 0 radical (unpaired) electrons. The Bertz CT molecular complexity index is 718. The summed E-state index contributed by atoms with van der Waals surface area (Å²) in [7, 11) is 3.38. The average Bonchev–Trinajstić information content (AvgIpc) is 3.49. The lowest BCUT2D eigenvalue weighted by Gasteiger charge is -2.22. The fraction of sp³-hybridized carbons (Fsp3) is 0.619. The highest BCUT2D eigenvalue weighted by molar-refractivity contribution is 6.40. The Morgan fingerprint density at radius 3 is 2.63 bits per heavy atom. The molecule has 1 saturated heterocycles. The first-order chi connectivity index (χ1) is 13.3. The van der Waals surface area contributed by atoms with Crippen LogP contribution in [-0.4, -0.2) is 69.1 Å². The zero-order chi connectivity index (χ0) is 18.6. The smallest absolute Gasteiger partial charge is 0.231 e. The monoisotopic (exact) mass is 371 g/mol. The van der Waals surface area contributed by atoms with Crippen molar-refractivity contribution < 1.29 is 14.2 Å². The molecule has 0 bridgehead atoms. The van der Waals surface area contributed by atoms with E-state index in [2.05, 4.69) is 9.89 Å². The van der Waals surface area contributed by atoms with Crippen LogP contribution in [0, 0.1) is 5.92 Å². The minimum absolute atomic E-state index is 0.379. The normalized spacial score (nSPS) is 27.7. The second-order valence-electron chi connectivity index (χ2n) is 7.62. The van der Waals surface area contributed by atoms with Crippen LogP contribution in [0.4, 0.5) is 0 Å². The Labute approximate surface area is 161 Å². The van der Waals surface area contributed by atoms with Crippen molar-refractivity contribution in [2.75, 3.05) is 40.5 Å². The van der Waals surface area contributed by atoms with Crippen LogP contribution in [0.15, 0.2) is 34.3 Å². The number of rotatable bonds is 6. The summed E-state index contributed by atoms with van der Waals surface area (Å²) in [6.07, 6.45) is 4.58. The summed E-state index contributed by atoms with van der Waals surface area (Å²) in [4.78, 5) is 12.0. The highest BCUT2D eigenvalue weighted by atomic mass is 16.5. The van der Waals surface area contributed by atoms with Gasteiger partial charge in [0.1, 0.15) is 5.71 Å². The predicted octanol–water partition coefficient (Wildman–Crippen LogP) is 2.82. The van der Waals surface area contributed by atoms with Gasteiger partial charge in [-0.25, -0.2) is 4.99 Å². The molecule has 1 aromatic rings. The highest BCUT2D eigenvalue weighted by Gasteiger charge is 2.41. The molecule has 27 heavy (non-hydrogen) atoms. The molecular formula is C21H29N3O3. The molecule has 3 atom stereocenters. The molecule has 2 heterocycles. The molecular weight excluding hydrogens is 342 g/mol. The topological polar surface area (TPSA) is 55.7 Å². The van der Waals surface area contributed by atoms with Crippen molar-refractivity contribution in [3.8, 4) is 11.5 Å². The summed E-state index contributed by atoms with van der Waals surface area (Å²) in [6, 6.07) is 8.65. The van der Waals surface area contributed by atoms with Crippen molar-refractivity contribution in [1.29, 1.82) is 0 Å². The van der Waals surface area contributed by atoms with Crippen molar-refractivity contribution in [2.24, 2.45) is 15.9 Å². The number of fused-ring (bicyclic) bond motifs is 1. The number of hydrogen-bond acceptors (Lipinski definition) is 6. The number of likely N-dealkylation sites (tertiary alicyclic amines) is 1. The van der Waals surface area contributed by atoms with Gasteiger partial charge in [-0.15, -0.1) is 0 Å². The van der Waals surface area contributed by atoms with Crippen LogP contribution >= 0.6 is 0 Å². The molecule has 0 N–H and O–H groups in total. The van der Waals surface area contributed by atoms with Gasteiger partial charge in [0.2, 0.25) is 5.90 Å². The van der Waals surface area contributed by atoms with E-state index in [4.69, 9.17) is 19.2 Å². The molecule has 3 aliphatic rings. The first kappa shape index (κ1) is 18.3. The van der Waals surface area contributed by atoms with Gasteiger partial charge in [0, 0.05) is 6.54 Å². The second-order valence-corrected chi connectivity index (χ2v) is 7.62. The number of benzene rings is 1. The van der Waals surface area contributed by atoms with Crippen LogP contribution in [0.1, 0.15) is 25.7 Å². The number of aliphatic imine (C=N–C) groups is 2. The summed E-state index contributed by atoms with van der Waals surface area (Å²) >= 11 is 0. The van der Waals surface area contributed by atoms with E-state index in [1.54, 1.807) is 14.2 Å². The Morgan fingerprint density at radius 1 is 1.00 bits per heavy atom. The van der Waals surface area contributed by atoms with E-state index in [-0.39, 0.29) is 0 Å². The molecule has 0 amide bonds. The van der Waals surface area contributed by atoms with Crippen molar-refractivity contribution in [2.45, 2.75) is 37.8 Å². The van der Waals surface area contributed by atoms with Gasteiger partial charge in [-0.2, -0.15) is 0 Å². The van der Waals surface area contributed by atoms with Crippen molar-refractivity contribution >= 4 is 11.6 Å². The molecule has 3 unspecified atom stereocenters. The maximum Gasteiger partial charge on any atom is 0.231 e. The third-order valence-electron chi connectivity index (χ3n) is 5.63. The molecule has 2 fully saturated rings. The minimum Gasteiger partial charge on any atom is -0.493 e. The molecule has 6 heteroatoms. The zero-order valence-corrected chi connectivity index (χ0v) is 16.3. The van der Waals surface area contributed by atoms with E-state index >= 15 is 0 Å². The van der Waals surface area contributed by atoms with Gasteiger partial charge >= 0.3 is 0 Å². The largest absolute Gasteiger partial charge is 0.493 e. The van der Waals surface area contributed by atoms with Crippen molar-refractivity contribution in [1.82, 2.24) is 4.90 Å². The lowest BCUT2D eigenvalue weighted by Crippen LogP contribution is -2.36. The van der Waals surface area contributed by atoms with Gasteiger partial charge in [0.05, 0.1) is 32.9 Å². The Hall–Kier alpha value is -2.08. The van der Waals surface area contributed by atoms with Crippen molar-refractivity contribution in [3.05, 3.63) is 24.3 Å². The Morgan fingerprint density at radius 2 is 1.81 bits per heavy atom.